The van der Waals surface area contributed by atoms with Gasteiger partial charge in [0.05, 0.1) is 24.8 Å². The second kappa shape index (κ2) is 11.0. The van der Waals surface area contributed by atoms with Gasteiger partial charge in [0.25, 0.3) is 5.92 Å². The minimum Gasteiger partial charge on any atom is -0.488 e. The van der Waals surface area contributed by atoms with Gasteiger partial charge in [-0.15, -0.1) is 0 Å². The van der Waals surface area contributed by atoms with E-state index >= 15 is 8.78 Å². The number of likely N-dealkylation sites (tertiary alicyclic amines) is 1. The van der Waals surface area contributed by atoms with Crippen LogP contribution in [0.2, 0.25) is 0 Å². The number of carboxylic acid groups (broad SMARTS) is 1. The lowest BCUT2D eigenvalue weighted by Gasteiger charge is -2.42. The predicted molar refractivity (Wildman–Crippen MR) is 137 cm³/mol. The van der Waals surface area contributed by atoms with Crippen LogP contribution in [-0.4, -0.2) is 88.5 Å². The average molecular weight is 568 g/mol. The molecule has 2 aromatic carbocycles. The van der Waals surface area contributed by atoms with E-state index in [0.717, 1.165) is 12.1 Å². The number of fused-ring (bicyclic) bond motifs is 3. The van der Waals surface area contributed by atoms with Crippen molar-refractivity contribution in [3.05, 3.63) is 64.4 Å². The number of hydrogen-bond donors (Lipinski definition) is 3. The van der Waals surface area contributed by atoms with Crippen LogP contribution in [0.5, 0.6) is 5.75 Å². The van der Waals surface area contributed by atoms with Gasteiger partial charge in [-0.3, -0.25) is 14.2 Å². The molecular formula is C28H30F5N3O4. The van der Waals surface area contributed by atoms with Gasteiger partial charge < -0.3 is 19.9 Å². The summed E-state index contributed by atoms with van der Waals surface area (Å²) in [4.78, 5) is 17.8. The van der Waals surface area contributed by atoms with E-state index in [1.165, 1.54) is 17.0 Å². The second-order valence-corrected chi connectivity index (χ2v) is 10.6. The number of aliphatic hydroxyl groups excluding tert-OH is 1. The Bertz CT molecular complexity index is 1390. The highest BCUT2D eigenvalue weighted by Gasteiger charge is 2.43. The highest BCUT2D eigenvalue weighted by Crippen LogP contribution is 2.44. The summed E-state index contributed by atoms with van der Waals surface area (Å²) in [7, 11) is 0. The molecular weight excluding hydrogens is 537 g/mol. The molecule has 3 aromatic rings. The molecule has 7 nitrogen and oxygen atoms in total. The maximum absolute atomic E-state index is 15.7. The van der Waals surface area contributed by atoms with Crippen molar-refractivity contribution in [1.82, 2.24) is 14.8 Å². The Kier molecular flexibility index (Phi) is 7.77. The minimum atomic E-state index is -3.54. The van der Waals surface area contributed by atoms with Crippen LogP contribution in [0, 0.1) is 11.6 Å². The first-order valence-electron chi connectivity index (χ1n) is 13.1. The molecule has 0 amide bonds. The summed E-state index contributed by atoms with van der Waals surface area (Å²) in [5.41, 5.74) is 0.865. The molecule has 0 unspecified atom stereocenters. The molecule has 0 saturated carbocycles. The monoisotopic (exact) mass is 567 g/mol. The first-order chi connectivity index (χ1) is 19.0. The molecule has 1 saturated heterocycles. The quantitative estimate of drug-likeness (QED) is 0.312. The van der Waals surface area contributed by atoms with Gasteiger partial charge in [-0.25, -0.2) is 22.4 Å². The Labute approximate surface area is 227 Å². The summed E-state index contributed by atoms with van der Waals surface area (Å²) < 4.78 is 78.5. The Balaban J connectivity index is 1.54. The number of rotatable bonds is 10. The number of nitrogens with one attached hydrogen (secondary N) is 1. The zero-order chi connectivity index (χ0) is 28.8. The van der Waals surface area contributed by atoms with Crippen LogP contribution in [0.15, 0.2) is 30.3 Å². The van der Waals surface area contributed by atoms with Crippen LogP contribution in [0.1, 0.15) is 46.6 Å². The number of carboxylic acids is 1. The van der Waals surface area contributed by atoms with Gasteiger partial charge in [-0.1, -0.05) is 6.07 Å². The van der Waals surface area contributed by atoms with Crippen molar-refractivity contribution in [2.24, 2.45) is 0 Å². The summed E-state index contributed by atoms with van der Waals surface area (Å²) >= 11 is 0. The molecule has 0 aliphatic carbocycles. The third-order valence-electron chi connectivity index (χ3n) is 7.66. The number of aromatic amines is 1. The summed E-state index contributed by atoms with van der Waals surface area (Å²) in [6, 6.07) is 4.53. The third kappa shape index (κ3) is 5.39. The van der Waals surface area contributed by atoms with Gasteiger partial charge in [-0.05, 0) is 37.5 Å². The Morgan fingerprint density at radius 2 is 1.88 bits per heavy atom. The lowest BCUT2D eigenvalue weighted by molar-refractivity contribution is -0.0869. The van der Waals surface area contributed by atoms with Crippen LogP contribution >= 0.6 is 0 Å². The number of aliphatic hydroxyl groups is 1. The summed E-state index contributed by atoms with van der Waals surface area (Å²) in [5.74, 6) is -6.73. The van der Waals surface area contributed by atoms with Crippen molar-refractivity contribution >= 4 is 16.9 Å². The van der Waals surface area contributed by atoms with Crippen molar-refractivity contribution in [1.29, 1.82) is 0 Å². The molecule has 2 atom stereocenters. The largest absolute Gasteiger partial charge is 0.488 e. The van der Waals surface area contributed by atoms with E-state index in [1.54, 1.807) is 13.0 Å². The first-order valence-corrected chi connectivity index (χ1v) is 13.1. The molecule has 1 aromatic heterocycles. The van der Waals surface area contributed by atoms with E-state index < -0.39 is 61.0 Å². The molecule has 0 spiro atoms. The van der Waals surface area contributed by atoms with E-state index in [9.17, 15) is 28.2 Å². The number of carbonyl (C=O) groups is 1. The number of aromatic carboxylic acids is 1. The van der Waals surface area contributed by atoms with Crippen molar-refractivity contribution in [3.63, 3.8) is 0 Å². The normalized spacial score (nSPS) is 20.5. The van der Waals surface area contributed by atoms with Gasteiger partial charge in [0.15, 0.2) is 0 Å². The zero-order valence-electron chi connectivity index (χ0n) is 21.8. The molecule has 216 valence electrons. The van der Waals surface area contributed by atoms with Crippen LogP contribution in [0.4, 0.5) is 22.0 Å². The lowest BCUT2D eigenvalue weighted by Crippen LogP contribution is -2.53. The van der Waals surface area contributed by atoms with Crippen LogP contribution in [0.3, 0.4) is 0 Å². The van der Waals surface area contributed by atoms with Gasteiger partial charge in [-0.2, -0.15) is 0 Å². The maximum Gasteiger partial charge on any atom is 0.335 e. The van der Waals surface area contributed by atoms with Crippen molar-refractivity contribution in [2.45, 2.75) is 43.9 Å². The number of H-pyrrole nitrogens is 1. The number of halogens is 5. The van der Waals surface area contributed by atoms with Crippen molar-refractivity contribution in [2.75, 3.05) is 39.5 Å². The fourth-order valence-corrected chi connectivity index (χ4v) is 5.72. The van der Waals surface area contributed by atoms with E-state index in [4.69, 9.17) is 4.74 Å². The fourth-order valence-electron chi connectivity index (χ4n) is 5.72. The molecule has 0 bridgehead atoms. The molecule has 40 heavy (non-hydrogen) atoms. The van der Waals surface area contributed by atoms with Crippen molar-refractivity contribution < 1.29 is 41.7 Å². The van der Waals surface area contributed by atoms with Crippen molar-refractivity contribution in [3.8, 4) is 5.75 Å². The van der Waals surface area contributed by atoms with E-state index in [2.05, 4.69) is 4.98 Å². The SMILES string of the molecule is C[C@@H]1Cc2c([nH]c3cc(C(=O)O)ccc23)[C@@H](c2c(F)cc(OC3CN(CCCF)C3)cc2F)N1CC(F)(F)CO. The Hall–Kier alpha value is -3.22. The topological polar surface area (TPSA) is 89.0 Å². The smallest absolute Gasteiger partial charge is 0.335 e. The molecule has 12 heteroatoms. The molecule has 5 rings (SSSR count). The van der Waals surface area contributed by atoms with Gasteiger partial charge in [0, 0.05) is 60.0 Å². The standard InChI is InChI=1S/C28H30F5N3O4/c1-15-7-20-19-4-3-16(27(38)39)8-23(19)34-25(20)26(36(15)13-28(32,33)14-37)24-21(30)9-17(10-22(24)31)40-18-11-35(12-18)6-2-5-29/h3-4,8-10,15,18,26,34,37H,2,5-7,11-14H2,1H3,(H,38,39)/t15-,26-/m1/s1. The molecule has 2 aliphatic heterocycles. The predicted octanol–water partition coefficient (Wildman–Crippen LogP) is 4.53. The molecule has 3 heterocycles. The number of aromatic nitrogens is 1. The average Bonchev–Trinajstić information content (AvgIpc) is 3.23. The number of alkyl halides is 3. The molecule has 1 fully saturated rings. The highest BCUT2D eigenvalue weighted by atomic mass is 19.3. The molecule has 3 N–H and O–H groups in total. The number of hydrogen-bond acceptors (Lipinski definition) is 5. The highest BCUT2D eigenvalue weighted by molar-refractivity contribution is 5.95. The van der Waals surface area contributed by atoms with E-state index in [-0.39, 0.29) is 29.5 Å². The number of nitrogens with zero attached hydrogens (tertiary/aromatic N) is 2. The van der Waals surface area contributed by atoms with E-state index in [1.807, 2.05) is 4.90 Å². The number of ether oxygens (including phenoxy) is 1. The molecule has 2 aliphatic rings. The van der Waals surface area contributed by atoms with Gasteiger partial charge in [0.1, 0.15) is 30.1 Å². The third-order valence-corrected chi connectivity index (χ3v) is 7.66. The van der Waals surface area contributed by atoms with Gasteiger partial charge >= 0.3 is 5.97 Å². The van der Waals surface area contributed by atoms with Crippen LogP contribution in [-0.2, 0) is 6.42 Å². The fraction of sp³-hybridized carbons (Fsp3) is 0.464. The zero-order valence-corrected chi connectivity index (χ0v) is 21.8. The molecule has 0 radical (unpaired) electrons. The minimum absolute atomic E-state index is 0.00233. The maximum atomic E-state index is 15.7. The summed E-state index contributed by atoms with van der Waals surface area (Å²) in [6.45, 7) is 0.376. The van der Waals surface area contributed by atoms with Crippen LogP contribution < -0.4 is 4.74 Å². The summed E-state index contributed by atoms with van der Waals surface area (Å²) in [5, 5.41) is 19.3. The Morgan fingerprint density at radius 3 is 2.50 bits per heavy atom. The van der Waals surface area contributed by atoms with E-state index in [0.29, 0.717) is 42.5 Å². The second-order valence-electron chi connectivity index (χ2n) is 10.6. The Morgan fingerprint density at radius 1 is 1.18 bits per heavy atom. The lowest BCUT2D eigenvalue weighted by atomic mass is 9.87. The van der Waals surface area contributed by atoms with Crippen LogP contribution in [0.25, 0.3) is 10.9 Å². The van der Waals surface area contributed by atoms with Gasteiger partial charge in [0.2, 0.25) is 0 Å². The summed E-state index contributed by atoms with van der Waals surface area (Å²) in [6.07, 6.45) is 0.330. The number of benzene rings is 2. The first kappa shape index (κ1) is 28.3.